The van der Waals surface area contributed by atoms with E-state index in [1.165, 1.54) is 10.9 Å². The number of hydrogen-bond donors (Lipinski definition) is 0. The van der Waals surface area contributed by atoms with Crippen molar-refractivity contribution in [3.63, 3.8) is 0 Å². The summed E-state index contributed by atoms with van der Waals surface area (Å²) >= 11 is 0. The van der Waals surface area contributed by atoms with Crippen LogP contribution in [0.2, 0.25) is 0 Å². The minimum Gasteiger partial charge on any atom is -0.545 e. The summed E-state index contributed by atoms with van der Waals surface area (Å²) in [5.74, 6) is -1.20. The summed E-state index contributed by atoms with van der Waals surface area (Å²) in [7, 11) is 0. The Morgan fingerprint density at radius 1 is 1.33 bits per heavy atom. The number of carbonyl (C=O) groups excluding carboxylic acids is 1. The summed E-state index contributed by atoms with van der Waals surface area (Å²) in [6, 6.07) is 9.33. The molecule has 1 aromatic carbocycles. The highest BCUT2D eigenvalue weighted by Crippen LogP contribution is 2.10. The van der Waals surface area contributed by atoms with Crippen molar-refractivity contribution in [2.75, 3.05) is 0 Å². The van der Waals surface area contributed by atoms with Crippen LogP contribution in [0.15, 0.2) is 36.5 Å². The van der Waals surface area contributed by atoms with Gasteiger partial charge in [-0.3, -0.25) is 0 Å². The molecule has 4 heteroatoms. The normalized spacial score (nSPS) is 10.2. The Labute approximate surface area is 86.8 Å². The minimum atomic E-state index is -1.20. The van der Waals surface area contributed by atoms with E-state index in [1.54, 1.807) is 6.92 Å². The van der Waals surface area contributed by atoms with Crippen LogP contribution in [0.4, 0.5) is 0 Å². The largest absolute Gasteiger partial charge is 0.545 e. The van der Waals surface area contributed by atoms with E-state index in [2.05, 4.69) is 5.10 Å². The van der Waals surface area contributed by atoms with Crippen LogP contribution in [0.3, 0.4) is 0 Å². The smallest absolute Gasteiger partial charge is 0.0749 e. The van der Waals surface area contributed by atoms with Crippen molar-refractivity contribution in [2.24, 2.45) is 0 Å². The summed E-state index contributed by atoms with van der Waals surface area (Å²) in [6.07, 6.45) is 1.46. The molecule has 0 aliphatic heterocycles. The lowest BCUT2D eigenvalue weighted by Crippen LogP contribution is -2.22. The fourth-order valence-electron chi connectivity index (χ4n) is 1.37. The molecule has 0 saturated carbocycles. The number of nitrogens with zero attached hydrogens (tertiary/aromatic N) is 2. The summed E-state index contributed by atoms with van der Waals surface area (Å²) in [4.78, 5) is 10.7. The second kappa shape index (κ2) is 3.57. The van der Waals surface area contributed by atoms with Crippen molar-refractivity contribution < 1.29 is 9.90 Å². The van der Waals surface area contributed by atoms with Crippen LogP contribution >= 0.6 is 0 Å². The summed E-state index contributed by atoms with van der Waals surface area (Å²) in [5, 5.41) is 14.8. The molecule has 0 atom stereocenters. The molecule has 1 heterocycles. The lowest BCUT2D eigenvalue weighted by molar-refractivity contribution is -0.255. The Kier molecular flexibility index (Phi) is 2.25. The monoisotopic (exact) mass is 201 g/mol. The molecule has 0 amide bonds. The third-order valence-electron chi connectivity index (χ3n) is 2.14. The highest BCUT2D eigenvalue weighted by Gasteiger charge is 2.06. The number of aromatic carboxylic acids is 1. The number of rotatable bonds is 2. The molecular formula is C11H9N2O2-. The van der Waals surface area contributed by atoms with Crippen LogP contribution in [0.25, 0.3) is 5.69 Å². The first-order valence-electron chi connectivity index (χ1n) is 4.51. The molecule has 0 spiro atoms. The fraction of sp³-hybridized carbons (Fsp3) is 0.0909. The van der Waals surface area contributed by atoms with Gasteiger partial charge in [0, 0.05) is 11.8 Å². The molecular weight excluding hydrogens is 192 g/mol. The van der Waals surface area contributed by atoms with E-state index < -0.39 is 5.97 Å². The second-order valence-electron chi connectivity index (χ2n) is 3.20. The highest BCUT2D eigenvalue weighted by molar-refractivity contribution is 5.86. The number of para-hydroxylation sites is 1. The van der Waals surface area contributed by atoms with Crippen molar-refractivity contribution in [1.29, 1.82) is 0 Å². The van der Waals surface area contributed by atoms with Crippen molar-refractivity contribution in [2.45, 2.75) is 6.92 Å². The molecule has 0 N–H and O–H groups in total. The fourth-order valence-corrected chi connectivity index (χ4v) is 1.37. The van der Waals surface area contributed by atoms with E-state index in [1.807, 2.05) is 30.3 Å². The molecule has 1 aromatic heterocycles. The van der Waals surface area contributed by atoms with Crippen LogP contribution < -0.4 is 5.11 Å². The minimum absolute atomic E-state index is 0.124. The molecule has 76 valence electrons. The first kappa shape index (κ1) is 9.45. The number of carboxylic acids is 1. The molecule has 0 fully saturated rings. The zero-order valence-electron chi connectivity index (χ0n) is 8.18. The maximum absolute atomic E-state index is 10.7. The summed E-state index contributed by atoms with van der Waals surface area (Å²) < 4.78 is 1.53. The number of aryl methyl sites for hydroxylation is 1. The van der Waals surface area contributed by atoms with Gasteiger partial charge < -0.3 is 9.90 Å². The van der Waals surface area contributed by atoms with Crippen molar-refractivity contribution in [3.8, 4) is 5.69 Å². The first-order chi connectivity index (χ1) is 7.18. The van der Waals surface area contributed by atoms with Crippen LogP contribution in [-0.4, -0.2) is 15.7 Å². The average Bonchev–Trinajstić information content (AvgIpc) is 2.62. The van der Waals surface area contributed by atoms with Crippen molar-refractivity contribution in [1.82, 2.24) is 9.78 Å². The van der Waals surface area contributed by atoms with Crippen LogP contribution in [-0.2, 0) is 0 Å². The number of aromatic nitrogens is 2. The SMILES string of the molecule is Cc1nn(-c2ccccc2)cc1C(=O)[O-]. The van der Waals surface area contributed by atoms with Gasteiger partial charge in [-0.15, -0.1) is 0 Å². The Morgan fingerprint density at radius 3 is 2.53 bits per heavy atom. The summed E-state index contributed by atoms with van der Waals surface area (Å²) in [6.45, 7) is 1.64. The number of carboxylic acid groups (broad SMARTS) is 1. The third-order valence-corrected chi connectivity index (χ3v) is 2.14. The van der Waals surface area contributed by atoms with E-state index >= 15 is 0 Å². The van der Waals surface area contributed by atoms with Gasteiger partial charge in [0.15, 0.2) is 0 Å². The van der Waals surface area contributed by atoms with Crippen LogP contribution in [0.5, 0.6) is 0 Å². The van der Waals surface area contributed by atoms with E-state index in [0.717, 1.165) is 5.69 Å². The van der Waals surface area contributed by atoms with Gasteiger partial charge in [-0.1, -0.05) is 18.2 Å². The molecule has 0 radical (unpaired) electrons. The molecule has 2 rings (SSSR count). The molecule has 0 bridgehead atoms. The van der Waals surface area contributed by atoms with Gasteiger partial charge in [0.25, 0.3) is 0 Å². The van der Waals surface area contributed by atoms with Crippen LogP contribution in [0.1, 0.15) is 16.1 Å². The van der Waals surface area contributed by atoms with Gasteiger partial charge >= 0.3 is 0 Å². The molecule has 0 aliphatic rings. The van der Waals surface area contributed by atoms with Crippen molar-refractivity contribution in [3.05, 3.63) is 47.8 Å². The zero-order chi connectivity index (χ0) is 10.8. The molecule has 0 aliphatic carbocycles. The third kappa shape index (κ3) is 1.74. The molecule has 4 nitrogen and oxygen atoms in total. The topological polar surface area (TPSA) is 58.0 Å². The standard InChI is InChI=1S/C11H10N2O2/c1-8-10(11(14)15)7-13(12-8)9-5-3-2-4-6-9/h2-7H,1H3,(H,14,15)/p-1. The maximum atomic E-state index is 10.7. The predicted molar refractivity (Wildman–Crippen MR) is 52.6 cm³/mol. The number of hydrogen-bond acceptors (Lipinski definition) is 3. The molecule has 15 heavy (non-hydrogen) atoms. The Hall–Kier alpha value is -2.10. The van der Waals surface area contributed by atoms with Crippen molar-refractivity contribution >= 4 is 5.97 Å². The van der Waals surface area contributed by atoms with Gasteiger partial charge in [0.2, 0.25) is 0 Å². The lowest BCUT2D eigenvalue weighted by atomic mass is 10.3. The Bertz CT molecular complexity index is 489. The second-order valence-corrected chi connectivity index (χ2v) is 3.20. The van der Waals surface area contributed by atoms with Gasteiger partial charge in [0.05, 0.1) is 17.4 Å². The van der Waals surface area contributed by atoms with E-state index in [-0.39, 0.29) is 5.56 Å². The Balaban J connectivity index is 2.48. The van der Waals surface area contributed by atoms with Gasteiger partial charge in [0.1, 0.15) is 0 Å². The van der Waals surface area contributed by atoms with E-state index in [4.69, 9.17) is 0 Å². The molecule has 0 unspecified atom stereocenters. The quantitative estimate of drug-likeness (QED) is 0.712. The molecule has 0 saturated heterocycles. The predicted octanol–water partition coefficient (Wildman–Crippen LogP) is 0.544. The van der Waals surface area contributed by atoms with E-state index in [9.17, 15) is 9.90 Å². The van der Waals surface area contributed by atoms with Gasteiger partial charge in [-0.2, -0.15) is 5.10 Å². The lowest BCUT2D eigenvalue weighted by Gasteiger charge is -1.99. The van der Waals surface area contributed by atoms with Gasteiger partial charge in [-0.05, 0) is 19.1 Å². The highest BCUT2D eigenvalue weighted by atomic mass is 16.4. The Morgan fingerprint density at radius 2 is 2.00 bits per heavy atom. The number of carbonyl (C=O) groups is 1. The van der Waals surface area contributed by atoms with Crippen LogP contribution in [0, 0.1) is 6.92 Å². The average molecular weight is 201 g/mol. The molecule has 2 aromatic rings. The zero-order valence-corrected chi connectivity index (χ0v) is 8.18. The first-order valence-corrected chi connectivity index (χ1v) is 4.51. The maximum Gasteiger partial charge on any atom is 0.0749 e. The van der Waals surface area contributed by atoms with E-state index in [0.29, 0.717) is 5.69 Å². The number of benzene rings is 1. The van der Waals surface area contributed by atoms with Gasteiger partial charge in [-0.25, -0.2) is 4.68 Å². The summed E-state index contributed by atoms with van der Waals surface area (Å²) in [5.41, 5.74) is 1.41.